The molecule has 0 saturated carbocycles. The summed E-state index contributed by atoms with van der Waals surface area (Å²) in [6, 6.07) is 0. The van der Waals surface area contributed by atoms with Crippen molar-refractivity contribution >= 4 is 17.7 Å². The molecule has 94 valence electrons. The Morgan fingerprint density at radius 1 is 1.06 bits per heavy atom. The maximum atomic E-state index is 10.5. The van der Waals surface area contributed by atoms with Gasteiger partial charge in [0.2, 0.25) is 17.7 Å². The molecule has 0 heterocycles. The van der Waals surface area contributed by atoms with Gasteiger partial charge >= 0.3 is 0 Å². The smallest absolute Gasteiger partial charge is 0.233 e. The van der Waals surface area contributed by atoms with Crippen molar-refractivity contribution in [2.75, 3.05) is 20.1 Å². The average Bonchev–Trinajstić information content (AvgIpc) is 2.16. The molecule has 0 aromatic heterocycles. The van der Waals surface area contributed by atoms with Crippen molar-refractivity contribution < 1.29 is 14.4 Å². The van der Waals surface area contributed by atoms with E-state index in [1.807, 2.05) is 6.92 Å². The molecule has 3 amide bonds. The standard InChI is InChI=1S/C5H12N2O.C4H8N2O2/c1-3-7-5(8)4-6-2;5-3(7)1-2-4(6)8/h6H,3-4H2,1-2H3,(H,7,8);1-2H2,(H2,5,7)(H2,6,8). The van der Waals surface area contributed by atoms with Gasteiger partial charge in [-0.1, -0.05) is 0 Å². The fourth-order valence-electron chi connectivity index (χ4n) is 0.667. The Balaban J connectivity index is 0. The third kappa shape index (κ3) is 18.2. The molecule has 0 spiro atoms. The number of nitrogens with two attached hydrogens (primary N) is 2. The van der Waals surface area contributed by atoms with Gasteiger partial charge in [-0.15, -0.1) is 0 Å². The predicted octanol–water partition coefficient (Wildman–Crippen LogP) is -1.92. The molecule has 0 unspecified atom stereocenters. The first kappa shape index (κ1) is 16.8. The van der Waals surface area contributed by atoms with Crippen LogP contribution in [-0.4, -0.2) is 37.9 Å². The van der Waals surface area contributed by atoms with Crippen LogP contribution in [0.25, 0.3) is 0 Å². The lowest BCUT2D eigenvalue weighted by atomic mass is 10.3. The Labute approximate surface area is 94.9 Å². The molecule has 7 nitrogen and oxygen atoms in total. The van der Waals surface area contributed by atoms with E-state index in [1.54, 1.807) is 7.05 Å². The van der Waals surface area contributed by atoms with E-state index in [0.717, 1.165) is 0 Å². The van der Waals surface area contributed by atoms with Gasteiger partial charge in [-0.05, 0) is 14.0 Å². The number of carbonyl (C=O) groups is 3. The summed E-state index contributed by atoms with van der Waals surface area (Å²) in [6.07, 6.45) is 0.102. The lowest BCUT2D eigenvalue weighted by Gasteiger charge is -1.97. The summed E-state index contributed by atoms with van der Waals surface area (Å²) in [6.45, 7) is 3.02. The molecule has 0 saturated heterocycles. The van der Waals surface area contributed by atoms with Crippen LogP contribution in [0.1, 0.15) is 19.8 Å². The van der Waals surface area contributed by atoms with Gasteiger partial charge in [-0.25, -0.2) is 0 Å². The number of hydrogen-bond acceptors (Lipinski definition) is 4. The monoisotopic (exact) mass is 232 g/mol. The van der Waals surface area contributed by atoms with Crippen LogP contribution >= 0.6 is 0 Å². The Morgan fingerprint density at radius 2 is 1.50 bits per heavy atom. The van der Waals surface area contributed by atoms with Crippen LogP contribution in [0.5, 0.6) is 0 Å². The van der Waals surface area contributed by atoms with Crippen LogP contribution in [0.2, 0.25) is 0 Å². The number of amides is 3. The van der Waals surface area contributed by atoms with Crippen molar-refractivity contribution in [2.24, 2.45) is 11.5 Å². The van der Waals surface area contributed by atoms with Gasteiger partial charge in [0.25, 0.3) is 0 Å². The molecular formula is C9H20N4O3. The van der Waals surface area contributed by atoms with Gasteiger partial charge in [0.15, 0.2) is 0 Å². The first-order valence-corrected chi connectivity index (χ1v) is 4.91. The largest absolute Gasteiger partial charge is 0.370 e. The molecule has 0 rings (SSSR count). The average molecular weight is 232 g/mol. The lowest BCUT2D eigenvalue weighted by molar-refractivity contribution is -0.123. The number of primary amides is 2. The molecule has 7 heteroatoms. The van der Waals surface area contributed by atoms with Crippen LogP contribution < -0.4 is 22.1 Å². The van der Waals surface area contributed by atoms with Crippen LogP contribution in [0.3, 0.4) is 0 Å². The van der Waals surface area contributed by atoms with Gasteiger partial charge in [0, 0.05) is 19.4 Å². The zero-order valence-electron chi connectivity index (χ0n) is 9.71. The second-order valence-electron chi connectivity index (χ2n) is 2.92. The fourth-order valence-corrected chi connectivity index (χ4v) is 0.667. The highest BCUT2D eigenvalue weighted by atomic mass is 16.2. The minimum absolute atomic E-state index is 0.0509. The van der Waals surface area contributed by atoms with Crippen LogP contribution in [-0.2, 0) is 14.4 Å². The quantitative estimate of drug-likeness (QED) is 0.425. The number of rotatable bonds is 6. The van der Waals surface area contributed by atoms with Crippen LogP contribution in [0.4, 0.5) is 0 Å². The second-order valence-corrected chi connectivity index (χ2v) is 2.92. The zero-order valence-corrected chi connectivity index (χ0v) is 9.71. The molecule has 6 N–H and O–H groups in total. The van der Waals surface area contributed by atoms with Crippen molar-refractivity contribution in [3.05, 3.63) is 0 Å². The third-order valence-electron chi connectivity index (χ3n) is 1.33. The molecule has 0 aromatic rings. The number of nitrogens with one attached hydrogen (secondary N) is 2. The van der Waals surface area contributed by atoms with E-state index < -0.39 is 11.8 Å². The Bertz CT molecular complexity index is 209. The summed E-state index contributed by atoms with van der Waals surface area (Å²) in [5, 5.41) is 5.39. The van der Waals surface area contributed by atoms with Crippen molar-refractivity contribution in [3.63, 3.8) is 0 Å². The van der Waals surface area contributed by atoms with Crippen molar-refractivity contribution in [2.45, 2.75) is 19.8 Å². The van der Waals surface area contributed by atoms with Crippen molar-refractivity contribution in [1.29, 1.82) is 0 Å². The second kappa shape index (κ2) is 11.4. The van der Waals surface area contributed by atoms with E-state index in [-0.39, 0.29) is 18.7 Å². The van der Waals surface area contributed by atoms with Crippen molar-refractivity contribution in [1.82, 2.24) is 10.6 Å². The summed E-state index contributed by atoms with van der Waals surface area (Å²) in [4.78, 5) is 30.3. The topological polar surface area (TPSA) is 127 Å². The molecular weight excluding hydrogens is 212 g/mol. The van der Waals surface area contributed by atoms with E-state index >= 15 is 0 Å². The highest BCUT2D eigenvalue weighted by Gasteiger charge is 1.96. The molecule has 0 aromatic carbocycles. The van der Waals surface area contributed by atoms with E-state index in [2.05, 4.69) is 10.6 Å². The normalized spacial score (nSPS) is 8.62. The molecule has 0 atom stereocenters. The highest BCUT2D eigenvalue weighted by Crippen LogP contribution is 1.82. The summed E-state index contributed by atoms with van der Waals surface area (Å²) < 4.78 is 0. The summed E-state index contributed by atoms with van der Waals surface area (Å²) in [5.41, 5.74) is 9.39. The minimum atomic E-state index is -0.496. The lowest BCUT2D eigenvalue weighted by Crippen LogP contribution is -2.31. The minimum Gasteiger partial charge on any atom is -0.370 e. The van der Waals surface area contributed by atoms with Gasteiger partial charge in [-0.3, -0.25) is 14.4 Å². The number of hydrogen-bond donors (Lipinski definition) is 4. The van der Waals surface area contributed by atoms with Gasteiger partial charge in [0.1, 0.15) is 0 Å². The maximum absolute atomic E-state index is 10.5. The molecule has 0 bridgehead atoms. The molecule has 0 aliphatic heterocycles. The molecule has 0 fully saturated rings. The Hall–Kier alpha value is -1.63. The van der Waals surface area contributed by atoms with E-state index in [4.69, 9.17) is 11.5 Å². The van der Waals surface area contributed by atoms with E-state index in [9.17, 15) is 14.4 Å². The first-order chi connectivity index (χ1) is 7.43. The zero-order chi connectivity index (χ0) is 13.0. The van der Waals surface area contributed by atoms with E-state index in [0.29, 0.717) is 13.1 Å². The van der Waals surface area contributed by atoms with Gasteiger partial charge in [0.05, 0.1) is 6.54 Å². The molecule has 0 aliphatic carbocycles. The predicted molar refractivity (Wildman–Crippen MR) is 60.2 cm³/mol. The Kier molecular flexibility index (Phi) is 12.0. The van der Waals surface area contributed by atoms with Crippen LogP contribution in [0.15, 0.2) is 0 Å². The van der Waals surface area contributed by atoms with Crippen LogP contribution in [0, 0.1) is 0 Å². The molecule has 16 heavy (non-hydrogen) atoms. The number of carbonyl (C=O) groups excluding carboxylic acids is 3. The van der Waals surface area contributed by atoms with Gasteiger partial charge < -0.3 is 22.1 Å². The molecule has 0 aliphatic rings. The van der Waals surface area contributed by atoms with Gasteiger partial charge in [-0.2, -0.15) is 0 Å². The summed E-state index contributed by atoms with van der Waals surface area (Å²) in [5.74, 6) is -0.942. The Morgan fingerprint density at radius 3 is 1.75 bits per heavy atom. The van der Waals surface area contributed by atoms with E-state index in [1.165, 1.54) is 0 Å². The summed E-state index contributed by atoms with van der Waals surface area (Å²) >= 11 is 0. The molecule has 0 radical (unpaired) electrons. The SMILES string of the molecule is CCNC(=O)CNC.NC(=O)CCC(N)=O. The van der Waals surface area contributed by atoms with Crippen molar-refractivity contribution in [3.8, 4) is 0 Å². The number of likely N-dealkylation sites (N-methyl/N-ethyl adjacent to an activating group) is 2. The fraction of sp³-hybridized carbons (Fsp3) is 0.667. The third-order valence-corrected chi connectivity index (χ3v) is 1.33. The first-order valence-electron chi connectivity index (χ1n) is 4.91. The maximum Gasteiger partial charge on any atom is 0.233 e. The highest BCUT2D eigenvalue weighted by molar-refractivity contribution is 5.81. The summed E-state index contributed by atoms with van der Waals surface area (Å²) in [7, 11) is 1.75.